The number of nitrogens with one attached hydrogen (secondary N) is 1. The van der Waals surface area contributed by atoms with E-state index >= 15 is 0 Å². The first kappa shape index (κ1) is 13.0. The Kier molecular flexibility index (Phi) is 3.58. The molecule has 2 heterocycles. The standard InChI is InChI=1S/C16H18N4/c17-10-12-4-5-14(9-13(12)11-18)19-15-6-8-20-7-2-1-3-16(15)20/h4-5,9,15-16,19H,1-3,6-8H2. The predicted octanol–water partition coefficient (Wildman–Crippen LogP) is 2.47. The number of hydrogen-bond acceptors (Lipinski definition) is 4. The average molecular weight is 266 g/mol. The molecule has 2 saturated heterocycles. The van der Waals surface area contributed by atoms with E-state index in [0.29, 0.717) is 23.2 Å². The van der Waals surface area contributed by atoms with Crippen LogP contribution >= 0.6 is 0 Å². The van der Waals surface area contributed by atoms with Crippen molar-refractivity contribution in [2.45, 2.75) is 37.8 Å². The molecule has 1 N–H and O–H groups in total. The second kappa shape index (κ2) is 5.53. The van der Waals surface area contributed by atoms with Crippen molar-refractivity contribution in [2.24, 2.45) is 0 Å². The SMILES string of the molecule is N#Cc1ccc(NC2CCN3CCCCC23)cc1C#N. The third-order valence-electron chi connectivity index (χ3n) is 4.47. The summed E-state index contributed by atoms with van der Waals surface area (Å²) in [7, 11) is 0. The predicted molar refractivity (Wildman–Crippen MR) is 77.1 cm³/mol. The van der Waals surface area contributed by atoms with Crippen LogP contribution in [0.25, 0.3) is 0 Å². The Labute approximate surface area is 119 Å². The quantitative estimate of drug-likeness (QED) is 0.893. The zero-order chi connectivity index (χ0) is 13.9. The molecular weight excluding hydrogens is 248 g/mol. The molecule has 0 amide bonds. The van der Waals surface area contributed by atoms with Crippen molar-refractivity contribution in [3.63, 3.8) is 0 Å². The Morgan fingerprint density at radius 3 is 2.70 bits per heavy atom. The Hall–Kier alpha value is -2.04. The van der Waals surface area contributed by atoms with Crippen molar-refractivity contribution in [3.05, 3.63) is 29.3 Å². The highest BCUT2D eigenvalue weighted by Gasteiger charge is 2.35. The fourth-order valence-electron chi connectivity index (χ4n) is 3.45. The minimum atomic E-state index is 0.448. The topological polar surface area (TPSA) is 62.9 Å². The summed E-state index contributed by atoms with van der Waals surface area (Å²) < 4.78 is 0. The van der Waals surface area contributed by atoms with E-state index < -0.39 is 0 Å². The summed E-state index contributed by atoms with van der Waals surface area (Å²) in [5, 5.41) is 21.6. The molecule has 2 unspecified atom stereocenters. The first-order valence-corrected chi connectivity index (χ1v) is 7.26. The fraction of sp³-hybridized carbons (Fsp3) is 0.500. The van der Waals surface area contributed by atoms with Crippen LogP contribution in [0.2, 0.25) is 0 Å². The maximum Gasteiger partial charge on any atom is 0.101 e. The molecule has 4 nitrogen and oxygen atoms in total. The summed E-state index contributed by atoms with van der Waals surface area (Å²) in [5.41, 5.74) is 1.86. The summed E-state index contributed by atoms with van der Waals surface area (Å²) in [6.07, 6.45) is 5.06. The third-order valence-corrected chi connectivity index (χ3v) is 4.47. The lowest BCUT2D eigenvalue weighted by atomic mass is 9.98. The van der Waals surface area contributed by atoms with Gasteiger partial charge in [0.1, 0.15) is 12.1 Å². The molecule has 0 bridgehead atoms. The normalized spacial score (nSPS) is 25.5. The number of rotatable bonds is 2. The van der Waals surface area contributed by atoms with Gasteiger partial charge in [0.2, 0.25) is 0 Å². The molecule has 0 aliphatic carbocycles. The van der Waals surface area contributed by atoms with Gasteiger partial charge >= 0.3 is 0 Å². The molecule has 4 heteroatoms. The van der Waals surface area contributed by atoms with Gasteiger partial charge < -0.3 is 5.32 Å². The summed E-state index contributed by atoms with van der Waals surface area (Å²) in [6.45, 7) is 2.39. The van der Waals surface area contributed by atoms with E-state index in [1.165, 1.54) is 32.4 Å². The molecule has 2 aliphatic heterocycles. The minimum absolute atomic E-state index is 0.448. The number of benzene rings is 1. The molecule has 0 radical (unpaired) electrons. The molecular formula is C16H18N4. The summed E-state index contributed by atoms with van der Waals surface area (Å²) in [5.74, 6) is 0. The first-order chi connectivity index (χ1) is 9.81. The number of anilines is 1. The van der Waals surface area contributed by atoms with Gasteiger partial charge in [0.25, 0.3) is 0 Å². The van der Waals surface area contributed by atoms with Crippen LogP contribution in [0.4, 0.5) is 5.69 Å². The van der Waals surface area contributed by atoms with Gasteiger partial charge in [-0.15, -0.1) is 0 Å². The highest BCUT2D eigenvalue weighted by atomic mass is 15.2. The summed E-state index contributed by atoms with van der Waals surface area (Å²) in [6, 6.07) is 10.7. The van der Waals surface area contributed by atoms with Crippen molar-refractivity contribution in [2.75, 3.05) is 18.4 Å². The number of nitrogens with zero attached hydrogens (tertiary/aromatic N) is 3. The minimum Gasteiger partial charge on any atom is -0.381 e. The van der Waals surface area contributed by atoms with Gasteiger partial charge in [-0.05, 0) is 44.0 Å². The van der Waals surface area contributed by atoms with Crippen LogP contribution in [-0.4, -0.2) is 30.1 Å². The highest BCUT2D eigenvalue weighted by molar-refractivity contribution is 5.56. The lowest BCUT2D eigenvalue weighted by Crippen LogP contribution is -2.41. The van der Waals surface area contributed by atoms with Crippen molar-refractivity contribution in [1.29, 1.82) is 10.5 Å². The van der Waals surface area contributed by atoms with E-state index in [-0.39, 0.29) is 0 Å². The van der Waals surface area contributed by atoms with Crippen molar-refractivity contribution in [3.8, 4) is 12.1 Å². The zero-order valence-electron chi connectivity index (χ0n) is 11.5. The zero-order valence-corrected chi connectivity index (χ0v) is 11.5. The van der Waals surface area contributed by atoms with Gasteiger partial charge in [-0.3, -0.25) is 4.90 Å². The van der Waals surface area contributed by atoms with Crippen LogP contribution in [-0.2, 0) is 0 Å². The summed E-state index contributed by atoms with van der Waals surface area (Å²) in [4.78, 5) is 2.58. The van der Waals surface area contributed by atoms with E-state index in [0.717, 1.165) is 12.1 Å². The number of piperidine rings is 1. The van der Waals surface area contributed by atoms with Crippen LogP contribution in [0.1, 0.15) is 36.8 Å². The first-order valence-electron chi connectivity index (χ1n) is 7.26. The molecule has 2 aliphatic rings. The number of nitriles is 2. The Morgan fingerprint density at radius 2 is 1.90 bits per heavy atom. The number of hydrogen-bond donors (Lipinski definition) is 1. The van der Waals surface area contributed by atoms with Crippen molar-refractivity contribution >= 4 is 5.69 Å². The molecule has 0 aromatic heterocycles. The molecule has 3 rings (SSSR count). The smallest absolute Gasteiger partial charge is 0.101 e. The van der Waals surface area contributed by atoms with Gasteiger partial charge in [-0.25, -0.2) is 0 Å². The summed E-state index contributed by atoms with van der Waals surface area (Å²) >= 11 is 0. The van der Waals surface area contributed by atoms with E-state index in [4.69, 9.17) is 10.5 Å². The Bertz CT molecular complexity index is 581. The molecule has 2 atom stereocenters. The second-order valence-electron chi connectivity index (χ2n) is 5.62. The van der Waals surface area contributed by atoms with Gasteiger partial charge in [0.15, 0.2) is 0 Å². The van der Waals surface area contributed by atoms with Crippen LogP contribution in [0.15, 0.2) is 18.2 Å². The molecule has 0 saturated carbocycles. The molecule has 1 aromatic carbocycles. The van der Waals surface area contributed by atoms with E-state index in [1.807, 2.05) is 6.07 Å². The van der Waals surface area contributed by atoms with Crippen LogP contribution < -0.4 is 5.32 Å². The Balaban J connectivity index is 1.75. The van der Waals surface area contributed by atoms with E-state index in [1.54, 1.807) is 12.1 Å². The maximum atomic E-state index is 9.09. The van der Waals surface area contributed by atoms with E-state index in [9.17, 15) is 0 Å². The molecule has 20 heavy (non-hydrogen) atoms. The average Bonchev–Trinajstić information content (AvgIpc) is 2.90. The van der Waals surface area contributed by atoms with Crippen LogP contribution in [0, 0.1) is 22.7 Å². The largest absolute Gasteiger partial charge is 0.381 e. The lowest BCUT2D eigenvalue weighted by Gasteiger charge is -2.33. The van der Waals surface area contributed by atoms with Crippen LogP contribution in [0.3, 0.4) is 0 Å². The fourth-order valence-corrected chi connectivity index (χ4v) is 3.45. The molecule has 2 fully saturated rings. The second-order valence-corrected chi connectivity index (χ2v) is 5.62. The monoisotopic (exact) mass is 266 g/mol. The Morgan fingerprint density at radius 1 is 1.05 bits per heavy atom. The number of fused-ring (bicyclic) bond motifs is 1. The molecule has 102 valence electrons. The van der Waals surface area contributed by atoms with Gasteiger partial charge in [-0.1, -0.05) is 6.42 Å². The van der Waals surface area contributed by atoms with Gasteiger partial charge in [0.05, 0.1) is 11.1 Å². The van der Waals surface area contributed by atoms with Crippen molar-refractivity contribution < 1.29 is 0 Å². The lowest BCUT2D eigenvalue weighted by molar-refractivity contribution is 0.193. The van der Waals surface area contributed by atoms with Gasteiger partial charge in [0, 0.05) is 24.3 Å². The maximum absolute atomic E-state index is 9.09. The molecule has 0 spiro atoms. The van der Waals surface area contributed by atoms with Crippen LogP contribution in [0.5, 0.6) is 0 Å². The third kappa shape index (κ3) is 2.35. The molecule has 1 aromatic rings. The van der Waals surface area contributed by atoms with Crippen molar-refractivity contribution in [1.82, 2.24) is 4.90 Å². The highest BCUT2D eigenvalue weighted by Crippen LogP contribution is 2.29. The van der Waals surface area contributed by atoms with Gasteiger partial charge in [-0.2, -0.15) is 10.5 Å². The van der Waals surface area contributed by atoms with E-state index in [2.05, 4.69) is 22.4 Å².